The molecule has 2 fully saturated rings. The minimum absolute atomic E-state index is 0.100. The van der Waals surface area contributed by atoms with Crippen LogP contribution in [0.15, 0.2) is 67.1 Å². The summed E-state index contributed by atoms with van der Waals surface area (Å²) in [6, 6.07) is 13.6. The molecule has 33 heavy (non-hydrogen) atoms. The van der Waals surface area contributed by atoms with Crippen LogP contribution in [-0.2, 0) is 0 Å². The molecule has 1 aliphatic heterocycles. The van der Waals surface area contributed by atoms with Crippen LogP contribution in [0.3, 0.4) is 0 Å². The summed E-state index contributed by atoms with van der Waals surface area (Å²) in [5.41, 5.74) is 1.02. The second-order valence-corrected chi connectivity index (χ2v) is 8.45. The molecule has 0 N–H and O–H groups in total. The Morgan fingerprint density at radius 1 is 0.970 bits per heavy atom. The van der Waals surface area contributed by atoms with Crippen molar-refractivity contribution in [1.29, 1.82) is 0 Å². The van der Waals surface area contributed by atoms with Crippen LogP contribution >= 0.6 is 0 Å². The van der Waals surface area contributed by atoms with Gasteiger partial charge in [-0.2, -0.15) is 4.98 Å². The number of rotatable bonds is 4. The Balaban J connectivity index is 1.28. The van der Waals surface area contributed by atoms with Gasteiger partial charge in [0.05, 0.1) is 17.2 Å². The van der Waals surface area contributed by atoms with E-state index in [0.717, 1.165) is 18.2 Å². The molecule has 164 valence electrons. The van der Waals surface area contributed by atoms with Crippen molar-refractivity contribution in [2.45, 2.75) is 25.0 Å². The largest absolute Gasteiger partial charge is 0.472 e. The van der Waals surface area contributed by atoms with E-state index in [9.17, 15) is 9.18 Å². The highest BCUT2D eigenvalue weighted by atomic mass is 19.1. The Bertz CT molecular complexity index is 1350. The smallest absolute Gasteiger partial charge is 0.255 e. The lowest BCUT2D eigenvalue weighted by atomic mass is 10.0. The molecular formula is C25H20FN5O2. The second-order valence-electron chi connectivity index (χ2n) is 8.45. The fourth-order valence-electron chi connectivity index (χ4n) is 4.99. The van der Waals surface area contributed by atoms with Crippen molar-refractivity contribution in [2.24, 2.45) is 5.92 Å². The maximum absolute atomic E-state index is 14.8. The first kappa shape index (κ1) is 19.7. The molecule has 8 heteroatoms. The first-order valence-corrected chi connectivity index (χ1v) is 10.9. The van der Waals surface area contributed by atoms with E-state index < -0.39 is 5.82 Å². The van der Waals surface area contributed by atoms with Gasteiger partial charge in [-0.15, -0.1) is 0 Å². The minimum atomic E-state index is -0.517. The Kier molecular flexibility index (Phi) is 4.71. The highest BCUT2D eigenvalue weighted by Crippen LogP contribution is 2.41. The molecule has 0 radical (unpaired) electrons. The van der Waals surface area contributed by atoms with Crippen molar-refractivity contribution < 1.29 is 13.9 Å². The number of pyridine rings is 2. The summed E-state index contributed by atoms with van der Waals surface area (Å²) < 4.78 is 21.0. The van der Waals surface area contributed by atoms with Gasteiger partial charge in [0.15, 0.2) is 11.5 Å². The Morgan fingerprint density at radius 3 is 2.67 bits per heavy atom. The van der Waals surface area contributed by atoms with Gasteiger partial charge < -0.3 is 9.64 Å². The van der Waals surface area contributed by atoms with Gasteiger partial charge >= 0.3 is 0 Å². The molecular weight excluding hydrogens is 421 g/mol. The van der Waals surface area contributed by atoms with Gasteiger partial charge in [-0.3, -0.25) is 4.79 Å². The van der Waals surface area contributed by atoms with E-state index in [-0.39, 0.29) is 35.0 Å². The zero-order chi connectivity index (χ0) is 22.4. The number of amides is 1. The summed E-state index contributed by atoms with van der Waals surface area (Å²) in [6.45, 7) is 0.627. The third kappa shape index (κ3) is 3.47. The number of hydrogen-bond acceptors (Lipinski definition) is 6. The summed E-state index contributed by atoms with van der Waals surface area (Å²) in [4.78, 5) is 32.5. The molecule has 3 aromatic heterocycles. The number of carbonyl (C=O) groups is 1. The highest BCUT2D eigenvalue weighted by molar-refractivity contribution is 6.00. The lowest BCUT2D eigenvalue weighted by Gasteiger charge is -2.33. The van der Waals surface area contributed by atoms with Crippen molar-refractivity contribution in [3.63, 3.8) is 0 Å². The van der Waals surface area contributed by atoms with Gasteiger partial charge in [0.2, 0.25) is 5.88 Å². The molecule has 0 spiro atoms. The quantitative estimate of drug-likeness (QED) is 0.478. The number of nitrogens with zero attached hydrogens (tertiary/aromatic N) is 5. The average molecular weight is 441 g/mol. The lowest BCUT2D eigenvalue weighted by molar-refractivity contribution is 0.0467. The van der Waals surface area contributed by atoms with E-state index in [4.69, 9.17) is 4.74 Å². The molecule has 2 aliphatic rings. The topological polar surface area (TPSA) is 81.1 Å². The maximum Gasteiger partial charge on any atom is 0.255 e. The van der Waals surface area contributed by atoms with E-state index in [1.54, 1.807) is 29.3 Å². The molecule has 4 aromatic rings. The molecule has 6 rings (SSSR count). The van der Waals surface area contributed by atoms with E-state index in [1.807, 2.05) is 24.3 Å². The van der Waals surface area contributed by atoms with Gasteiger partial charge in [-0.25, -0.2) is 19.3 Å². The van der Waals surface area contributed by atoms with Gasteiger partial charge in [-0.1, -0.05) is 6.07 Å². The molecule has 2 bridgehead atoms. The fraction of sp³-hybridized carbons (Fsp3) is 0.240. The molecule has 7 nitrogen and oxygen atoms in total. The lowest BCUT2D eigenvalue weighted by Crippen LogP contribution is -2.47. The van der Waals surface area contributed by atoms with Crippen LogP contribution in [0.2, 0.25) is 0 Å². The molecule has 1 aromatic carbocycles. The van der Waals surface area contributed by atoms with Crippen LogP contribution in [0, 0.1) is 11.7 Å². The SMILES string of the molecule is O=C(c1cccc(F)c1-c1ncccn1)N1CC2CC(Oc3ccc4cccnc4n3)C1C2. The first-order chi connectivity index (χ1) is 16.2. The third-order valence-electron chi connectivity index (χ3n) is 6.43. The van der Waals surface area contributed by atoms with E-state index >= 15 is 0 Å². The van der Waals surface area contributed by atoms with Crippen LogP contribution in [0.4, 0.5) is 4.39 Å². The van der Waals surface area contributed by atoms with Gasteiger partial charge in [-0.05, 0) is 55.2 Å². The predicted octanol–water partition coefficient (Wildman–Crippen LogP) is 3.91. The minimum Gasteiger partial charge on any atom is -0.472 e. The normalized spacial score (nSPS) is 21.5. The fourth-order valence-corrected chi connectivity index (χ4v) is 4.99. The zero-order valence-corrected chi connectivity index (χ0v) is 17.6. The number of benzene rings is 1. The summed E-state index contributed by atoms with van der Waals surface area (Å²) >= 11 is 0. The first-order valence-electron chi connectivity index (χ1n) is 10.9. The summed E-state index contributed by atoms with van der Waals surface area (Å²) in [5, 5.41) is 0.941. The Labute approximate surface area is 189 Å². The number of aromatic nitrogens is 4. The summed E-state index contributed by atoms with van der Waals surface area (Å²) in [7, 11) is 0. The van der Waals surface area contributed by atoms with Crippen molar-refractivity contribution >= 4 is 16.9 Å². The second kappa shape index (κ2) is 7.88. The van der Waals surface area contributed by atoms with E-state index in [0.29, 0.717) is 24.0 Å². The standard InChI is InChI=1S/C25H20FN5O2/c26-18-6-1-5-17(22(18)24-28-10-3-11-29-24)25(32)31-14-15-12-19(31)20(13-15)33-21-8-7-16-4-2-9-27-23(16)30-21/h1-11,15,19-20H,12-14H2. The monoisotopic (exact) mass is 441 g/mol. The van der Waals surface area contributed by atoms with Gasteiger partial charge in [0.25, 0.3) is 5.91 Å². The van der Waals surface area contributed by atoms with Crippen LogP contribution in [0.5, 0.6) is 5.88 Å². The van der Waals surface area contributed by atoms with Crippen molar-refractivity contribution in [3.05, 3.63) is 78.5 Å². The maximum atomic E-state index is 14.8. The van der Waals surface area contributed by atoms with Crippen molar-refractivity contribution in [1.82, 2.24) is 24.8 Å². The third-order valence-corrected chi connectivity index (χ3v) is 6.43. The van der Waals surface area contributed by atoms with Crippen molar-refractivity contribution in [3.8, 4) is 17.3 Å². The van der Waals surface area contributed by atoms with Crippen LogP contribution in [0.1, 0.15) is 23.2 Å². The molecule has 1 amide bonds. The van der Waals surface area contributed by atoms with Gasteiger partial charge in [0.1, 0.15) is 11.9 Å². The van der Waals surface area contributed by atoms with E-state index in [2.05, 4.69) is 19.9 Å². The molecule has 3 atom stereocenters. The molecule has 1 aliphatic carbocycles. The summed E-state index contributed by atoms with van der Waals surface area (Å²) in [5.74, 6) is 0.287. The zero-order valence-electron chi connectivity index (χ0n) is 17.6. The Hall–Kier alpha value is -3.94. The number of fused-ring (bicyclic) bond motifs is 3. The number of piperidine rings is 1. The average Bonchev–Trinajstić information content (AvgIpc) is 3.45. The molecule has 3 unspecified atom stereocenters. The number of ether oxygens (including phenoxy) is 1. The van der Waals surface area contributed by atoms with E-state index in [1.165, 1.54) is 18.5 Å². The molecule has 1 saturated heterocycles. The summed E-state index contributed by atoms with van der Waals surface area (Å²) in [6.07, 6.45) is 6.31. The number of carbonyl (C=O) groups excluding carboxylic acids is 1. The van der Waals surface area contributed by atoms with Gasteiger partial charge in [0, 0.05) is 36.6 Å². The van der Waals surface area contributed by atoms with Crippen LogP contribution in [0.25, 0.3) is 22.4 Å². The van der Waals surface area contributed by atoms with Crippen molar-refractivity contribution in [2.75, 3.05) is 6.54 Å². The van der Waals surface area contributed by atoms with Crippen LogP contribution < -0.4 is 4.74 Å². The molecule has 1 saturated carbocycles. The molecule has 4 heterocycles. The Morgan fingerprint density at radius 2 is 1.82 bits per heavy atom. The number of hydrogen-bond donors (Lipinski definition) is 0. The predicted molar refractivity (Wildman–Crippen MR) is 119 cm³/mol. The van der Waals surface area contributed by atoms with Crippen LogP contribution in [-0.4, -0.2) is 49.4 Å². The number of halogens is 1. The highest BCUT2D eigenvalue weighted by Gasteiger charge is 2.49. The number of likely N-dealkylation sites (tertiary alicyclic amines) is 1.